The van der Waals surface area contributed by atoms with Crippen molar-refractivity contribution in [3.05, 3.63) is 100 Å². The van der Waals surface area contributed by atoms with Crippen molar-refractivity contribution in [2.75, 3.05) is 13.2 Å². The van der Waals surface area contributed by atoms with E-state index in [0.717, 1.165) is 22.3 Å². The molecule has 1 N–H and O–H groups in total. The summed E-state index contributed by atoms with van der Waals surface area (Å²) in [5.74, 6) is 0.488. The number of ether oxygens (including phenoxy) is 1. The van der Waals surface area contributed by atoms with Crippen molar-refractivity contribution in [2.45, 2.75) is 46.7 Å². The molecule has 36 heavy (non-hydrogen) atoms. The highest BCUT2D eigenvalue weighted by molar-refractivity contribution is 6.30. The topological polar surface area (TPSA) is 58.6 Å². The van der Waals surface area contributed by atoms with E-state index < -0.39 is 6.04 Å². The Bertz CT molecular complexity index is 1130. The van der Waals surface area contributed by atoms with Crippen LogP contribution in [0.2, 0.25) is 5.02 Å². The van der Waals surface area contributed by atoms with Gasteiger partial charge in [0.2, 0.25) is 5.91 Å². The third-order valence-electron chi connectivity index (χ3n) is 5.78. The van der Waals surface area contributed by atoms with Crippen molar-refractivity contribution in [3.8, 4) is 5.75 Å². The molecular formula is C30H35ClN2O3. The van der Waals surface area contributed by atoms with Crippen molar-refractivity contribution in [1.82, 2.24) is 10.2 Å². The number of carbonyl (C=O) groups is 2. The van der Waals surface area contributed by atoms with Crippen molar-refractivity contribution >= 4 is 23.4 Å². The summed E-state index contributed by atoms with van der Waals surface area (Å²) in [5.41, 5.74) is 3.98. The largest absolute Gasteiger partial charge is 0.484 e. The first-order valence-electron chi connectivity index (χ1n) is 12.3. The Hall–Kier alpha value is -3.31. The average Bonchev–Trinajstić information content (AvgIpc) is 2.84. The van der Waals surface area contributed by atoms with Gasteiger partial charge in [-0.05, 0) is 66.3 Å². The zero-order valence-corrected chi connectivity index (χ0v) is 22.2. The second-order valence-corrected chi connectivity index (χ2v) is 10.0. The first kappa shape index (κ1) is 27.3. The molecule has 2 amide bonds. The van der Waals surface area contributed by atoms with Gasteiger partial charge in [-0.25, -0.2) is 0 Å². The molecule has 0 aromatic heterocycles. The van der Waals surface area contributed by atoms with Crippen LogP contribution >= 0.6 is 11.6 Å². The number of benzene rings is 3. The molecule has 0 bridgehead atoms. The standard InChI is InChI=1S/C30H35ClN2O3/c1-21(2)18-32-30(35)28(17-24-8-6-5-7-9-24)33(19-25-10-12-26(31)13-11-25)29(34)20-36-27-15-22(3)14-23(4)16-27/h5-16,21,28H,17-20H2,1-4H3,(H,32,35)/t28-/m0/s1. The Balaban J connectivity index is 1.90. The van der Waals surface area contributed by atoms with Gasteiger partial charge in [-0.1, -0.05) is 74.0 Å². The van der Waals surface area contributed by atoms with E-state index in [1.54, 1.807) is 17.0 Å². The normalized spacial score (nSPS) is 11.7. The number of hydrogen-bond donors (Lipinski definition) is 1. The minimum absolute atomic E-state index is 0.167. The fraction of sp³-hybridized carbons (Fsp3) is 0.333. The molecule has 5 nitrogen and oxygen atoms in total. The first-order valence-corrected chi connectivity index (χ1v) is 12.7. The van der Waals surface area contributed by atoms with Gasteiger partial charge in [0.1, 0.15) is 11.8 Å². The number of hydrogen-bond acceptors (Lipinski definition) is 3. The van der Waals surface area contributed by atoms with Gasteiger partial charge in [0.05, 0.1) is 0 Å². The fourth-order valence-corrected chi connectivity index (χ4v) is 4.13. The maximum Gasteiger partial charge on any atom is 0.261 e. The van der Waals surface area contributed by atoms with Gasteiger partial charge in [0, 0.05) is 24.5 Å². The van der Waals surface area contributed by atoms with Gasteiger partial charge >= 0.3 is 0 Å². The molecule has 3 rings (SSSR count). The van der Waals surface area contributed by atoms with E-state index in [1.165, 1.54) is 0 Å². The Kier molecular flexibility index (Phi) is 9.95. The highest BCUT2D eigenvalue weighted by Gasteiger charge is 2.30. The van der Waals surface area contributed by atoms with Crippen LogP contribution in [0.5, 0.6) is 5.75 Å². The van der Waals surface area contributed by atoms with E-state index in [9.17, 15) is 9.59 Å². The van der Waals surface area contributed by atoms with E-state index in [2.05, 4.69) is 11.4 Å². The molecule has 0 aliphatic heterocycles. The highest BCUT2D eigenvalue weighted by Crippen LogP contribution is 2.19. The molecule has 6 heteroatoms. The number of nitrogens with zero attached hydrogens (tertiary/aromatic N) is 1. The fourth-order valence-electron chi connectivity index (χ4n) is 4.01. The molecule has 0 saturated carbocycles. The molecule has 0 fully saturated rings. The van der Waals surface area contributed by atoms with Gasteiger partial charge in [-0.3, -0.25) is 9.59 Å². The molecule has 3 aromatic rings. The molecule has 0 spiro atoms. The smallest absolute Gasteiger partial charge is 0.261 e. The molecule has 190 valence electrons. The lowest BCUT2D eigenvalue weighted by atomic mass is 10.0. The summed E-state index contributed by atoms with van der Waals surface area (Å²) in [7, 11) is 0. The molecule has 3 aromatic carbocycles. The van der Waals surface area contributed by atoms with E-state index in [0.29, 0.717) is 29.7 Å². The number of amides is 2. The summed E-state index contributed by atoms with van der Waals surface area (Å²) in [5, 5.41) is 3.64. The van der Waals surface area contributed by atoms with Gasteiger partial charge in [0.15, 0.2) is 6.61 Å². The second kappa shape index (κ2) is 13.1. The Morgan fingerprint density at radius 3 is 2.17 bits per heavy atom. The summed E-state index contributed by atoms with van der Waals surface area (Å²) in [4.78, 5) is 28.7. The van der Waals surface area contributed by atoms with Gasteiger partial charge in [0.25, 0.3) is 5.91 Å². The first-order chi connectivity index (χ1) is 17.2. The Morgan fingerprint density at radius 1 is 0.917 bits per heavy atom. The summed E-state index contributed by atoms with van der Waals surface area (Å²) in [6.07, 6.45) is 0.396. The van der Waals surface area contributed by atoms with Crippen LogP contribution in [0.15, 0.2) is 72.8 Å². The van der Waals surface area contributed by atoms with Crippen molar-refractivity contribution in [2.24, 2.45) is 5.92 Å². The minimum atomic E-state index is -0.697. The van der Waals surface area contributed by atoms with E-state index in [-0.39, 0.29) is 25.0 Å². The molecular weight excluding hydrogens is 472 g/mol. The number of aryl methyl sites for hydroxylation is 2. The third kappa shape index (κ3) is 8.42. The average molecular weight is 507 g/mol. The van der Waals surface area contributed by atoms with Crippen LogP contribution in [0.1, 0.15) is 36.1 Å². The van der Waals surface area contributed by atoms with E-state index in [4.69, 9.17) is 16.3 Å². The molecule has 1 atom stereocenters. The van der Waals surface area contributed by atoms with E-state index >= 15 is 0 Å². The van der Waals surface area contributed by atoms with Crippen LogP contribution in [-0.4, -0.2) is 35.9 Å². The zero-order chi connectivity index (χ0) is 26.1. The molecule has 0 aliphatic carbocycles. The molecule has 0 heterocycles. The van der Waals surface area contributed by atoms with Gasteiger partial charge in [-0.2, -0.15) is 0 Å². The number of carbonyl (C=O) groups excluding carboxylic acids is 2. The van der Waals surface area contributed by atoms with Crippen LogP contribution in [0.4, 0.5) is 0 Å². The molecule has 0 aliphatic rings. The third-order valence-corrected chi connectivity index (χ3v) is 6.03. The molecule has 0 saturated heterocycles. The predicted molar refractivity (Wildman–Crippen MR) is 145 cm³/mol. The number of rotatable bonds is 11. The molecule has 0 unspecified atom stereocenters. The Morgan fingerprint density at radius 2 is 1.56 bits per heavy atom. The lowest BCUT2D eigenvalue weighted by Gasteiger charge is -2.31. The number of nitrogens with one attached hydrogen (secondary N) is 1. The van der Waals surface area contributed by atoms with Crippen molar-refractivity contribution in [3.63, 3.8) is 0 Å². The summed E-state index contributed by atoms with van der Waals surface area (Å²) < 4.78 is 5.90. The van der Waals surface area contributed by atoms with Gasteiger partial charge < -0.3 is 15.0 Å². The number of halogens is 1. The van der Waals surface area contributed by atoms with Crippen molar-refractivity contribution in [1.29, 1.82) is 0 Å². The SMILES string of the molecule is Cc1cc(C)cc(OCC(=O)N(Cc2ccc(Cl)cc2)[C@@H](Cc2ccccc2)C(=O)NCC(C)C)c1. The maximum absolute atomic E-state index is 13.6. The van der Waals surface area contributed by atoms with Crippen LogP contribution in [-0.2, 0) is 22.6 Å². The summed E-state index contributed by atoms with van der Waals surface area (Å²) in [6, 6.07) is 22.2. The minimum Gasteiger partial charge on any atom is -0.484 e. The Labute approximate surface area is 219 Å². The predicted octanol–water partition coefficient (Wildman–Crippen LogP) is 5.75. The van der Waals surface area contributed by atoms with Crippen LogP contribution in [0, 0.1) is 19.8 Å². The van der Waals surface area contributed by atoms with Gasteiger partial charge in [-0.15, -0.1) is 0 Å². The van der Waals surface area contributed by atoms with Crippen LogP contribution in [0.3, 0.4) is 0 Å². The lowest BCUT2D eigenvalue weighted by Crippen LogP contribution is -2.52. The molecule has 0 radical (unpaired) electrons. The van der Waals surface area contributed by atoms with E-state index in [1.807, 2.05) is 82.3 Å². The van der Waals surface area contributed by atoms with Crippen molar-refractivity contribution < 1.29 is 14.3 Å². The highest BCUT2D eigenvalue weighted by atomic mass is 35.5. The summed E-state index contributed by atoms with van der Waals surface area (Å²) in [6.45, 7) is 8.69. The maximum atomic E-state index is 13.6. The monoisotopic (exact) mass is 506 g/mol. The zero-order valence-electron chi connectivity index (χ0n) is 21.5. The van der Waals surface area contributed by atoms with Crippen LogP contribution < -0.4 is 10.1 Å². The quantitative estimate of drug-likeness (QED) is 0.360. The second-order valence-electron chi connectivity index (χ2n) is 9.60. The summed E-state index contributed by atoms with van der Waals surface area (Å²) >= 11 is 6.08. The lowest BCUT2D eigenvalue weighted by molar-refractivity contribution is -0.142. The van der Waals surface area contributed by atoms with Crippen LogP contribution in [0.25, 0.3) is 0 Å².